The SMILES string of the molecule is CCc1nc2ccccc2n1-c1nc(N2CCOCC2)c2sc(CN3CCN(C4CCCC4)CC3=O)cc2n1. The number of carbonyl (C=O) groups excluding carboxylic acids is 1. The van der Waals surface area contributed by atoms with Gasteiger partial charge in [0.15, 0.2) is 5.82 Å². The van der Waals surface area contributed by atoms with Crippen LogP contribution in [0.4, 0.5) is 5.82 Å². The van der Waals surface area contributed by atoms with Crippen molar-refractivity contribution in [1.82, 2.24) is 29.3 Å². The number of anilines is 1. The van der Waals surface area contributed by atoms with Gasteiger partial charge in [0.05, 0.1) is 47.6 Å². The van der Waals surface area contributed by atoms with E-state index in [9.17, 15) is 4.79 Å². The fourth-order valence-electron chi connectivity index (χ4n) is 6.32. The van der Waals surface area contributed by atoms with Crippen LogP contribution >= 0.6 is 11.3 Å². The minimum atomic E-state index is 0.239. The van der Waals surface area contributed by atoms with Crippen molar-refractivity contribution in [2.75, 3.05) is 50.8 Å². The molecule has 39 heavy (non-hydrogen) atoms. The van der Waals surface area contributed by atoms with Crippen molar-refractivity contribution in [3.63, 3.8) is 0 Å². The molecule has 204 valence electrons. The quantitative estimate of drug-likeness (QED) is 0.362. The molecular weight excluding hydrogens is 510 g/mol. The van der Waals surface area contributed by atoms with E-state index in [1.807, 2.05) is 23.1 Å². The van der Waals surface area contributed by atoms with Crippen LogP contribution in [0.5, 0.6) is 0 Å². The standard InChI is InChI=1S/C29H35N7O2S/c1-2-25-30-22-9-5-6-10-24(22)36(25)29-31-23-17-21(39-27(23)28(32-29)33-13-15-38-16-14-33)18-35-12-11-34(19-26(35)37)20-7-3-4-8-20/h5-6,9-10,17,20H,2-4,7-8,11-16,18-19H2,1H3. The van der Waals surface area contributed by atoms with Gasteiger partial charge >= 0.3 is 0 Å². The molecule has 2 saturated heterocycles. The number of thiophene rings is 1. The molecule has 7 rings (SSSR count). The van der Waals surface area contributed by atoms with Gasteiger partial charge in [-0.2, -0.15) is 4.98 Å². The van der Waals surface area contributed by atoms with Gasteiger partial charge in [0.25, 0.3) is 0 Å². The number of rotatable bonds is 6. The molecule has 0 radical (unpaired) electrons. The molecule has 0 N–H and O–H groups in total. The molecule has 9 nitrogen and oxygen atoms in total. The fraction of sp³-hybridized carbons (Fsp3) is 0.517. The van der Waals surface area contributed by atoms with Crippen molar-refractivity contribution in [3.8, 4) is 5.95 Å². The molecule has 1 aromatic carbocycles. The lowest BCUT2D eigenvalue weighted by atomic mass is 10.1. The Morgan fingerprint density at radius 2 is 1.82 bits per heavy atom. The summed E-state index contributed by atoms with van der Waals surface area (Å²) in [7, 11) is 0. The molecule has 4 aromatic rings. The van der Waals surface area contributed by atoms with E-state index < -0.39 is 0 Å². The van der Waals surface area contributed by atoms with Crippen molar-refractivity contribution in [3.05, 3.63) is 41.0 Å². The predicted octanol–water partition coefficient (Wildman–Crippen LogP) is 4.02. The fourth-order valence-corrected chi connectivity index (χ4v) is 7.45. The Balaban J connectivity index is 1.24. The first-order valence-corrected chi connectivity index (χ1v) is 15.1. The summed E-state index contributed by atoms with van der Waals surface area (Å²) in [5.74, 6) is 2.79. The van der Waals surface area contributed by atoms with Gasteiger partial charge in [-0.3, -0.25) is 14.3 Å². The summed E-state index contributed by atoms with van der Waals surface area (Å²) < 4.78 is 8.83. The number of fused-ring (bicyclic) bond motifs is 2. The molecule has 0 spiro atoms. The van der Waals surface area contributed by atoms with Crippen LogP contribution < -0.4 is 4.90 Å². The number of hydrogen-bond donors (Lipinski definition) is 0. The van der Waals surface area contributed by atoms with Gasteiger partial charge in [0.1, 0.15) is 5.82 Å². The molecule has 1 saturated carbocycles. The lowest BCUT2D eigenvalue weighted by molar-refractivity contribution is -0.137. The van der Waals surface area contributed by atoms with E-state index in [-0.39, 0.29) is 5.91 Å². The smallest absolute Gasteiger partial charge is 0.238 e. The van der Waals surface area contributed by atoms with Gasteiger partial charge in [-0.05, 0) is 31.0 Å². The molecule has 1 aliphatic carbocycles. The monoisotopic (exact) mass is 545 g/mol. The number of ether oxygens (including phenoxy) is 1. The first-order valence-electron chi connectivity index (χ1n) is 14.3. The second-order valence-electron chi connectivity index (χ2n) is 10.8. The van der Waals surface area contributed by atoms with Crippen LogP contribution in [-0.4, -0.2) is 87.2 Å². The normalized spacial score (nSPS) is 19.7. The van der Waals surface area contributed by atoms with E-state index in [2.05, 4.69) is 33.4 Å². The number of imidazole rings is 1. The maximum atomic E-state index is 13.1. The average Bonchev–Trinajstić information content (AvgIpc) is 3.72. The van der Waals surface area contributed by atoms with Crippen LogP contribution in [0.3, 0.4) is 0 Å². The average molecular weight is 546 g/mol. The second kappa shape index (κ2) is 10.5. The highest BCUT2D eigenvalue weighted by molar-refractivity contribution is 7.19. The number of nitrogens with zero attached hydrogens (tertiary/aromatic N) is 7. The molecule has 10 heteroatoms. The van der Waals surface area contributed by atoms with Crippen molar-refractivity contribution in [2.45, 2.75) is 51.6 Å². The maximum absolute atomic E-state index is 13.1. The Morgan fingerprint density at radius 1 is 1.00 bits per heavy atom. The van der Waals surface area contributed by atoms with Gasteiger partial charge < -0.3 is 14.5 Å². The summed E-state index contributed by atoms with van der Waals surface area (Å²) in [6.45, 7) is 8.02. The van der Waals surface area contributed by atoms with E-state index in [0.717, 1.165) is 70.4 Å². The third-order valence-electron chi connectivity index (χ3n) is 8.39. The summed E-state index contributed by atoms with van der Waals surface area (Å²) in [5, 5.41) is 0. The minimum Gasteiger partial charge on any atom is -0.378 e. The largest absolute Gasteiger partial charge is 0.378 e. The molecule has 3 aliphatic rings. The number of hydrogen-bond acceptors (Lipinski definition) is 8. The number of piperazine rings is 1. The van der Waals surface area contributed by atoms with E-state index >= 15 is 0 Å². The Morgan fingerprint density at radius 3 is 2.62 bits per heavy atom. The molecular formula is C29H35N7O2S. The molecule has 3 aromatic heterocycles. The molecule has 1 amide bonds. The number of aryl methyl sites for hydroxylation is 1. The Bertz CT molecular complexity index is 1500. The van der Waals surface area contributed by atoms with Crippen molar-refractivity contribution >= 4 is 44.3 Å². The van der Waals surface area contributed by atoms with Crippen LogP contribution in [0.25, 0.3) is 27.2 Å². The summed E-state index contributed by atoms with van der Waals surface area (Å²) >= 11 is 1.72. The van der Waals surface area contributed by atoms with E-state index in [0.29, 0.717) is 38.3 Å². The second-order valence-corrected chi connectivity index (χ2v) is 11.9. The van der Waals surface area contributed by atoms with Crippen LogP contribution in [0.2, 0.25) is 0 Å². The van der Waals surface area contributed by atoms with Crippen molar-refractivity contribution < 1.29 is 9.53 Å². The van der Waals surface area contributed by atoms with E-state index in [1.54, 1.807) is 11.3 Å². The van der Waals surface area contributed by atoms with Crippen LogP contribution in [-0.2, 0) is 22.5 Å². The zero-order valence-electron chi connectivity index (χ0n) is 22.5. The highest BCUT2D eigenvalue weighted by Gasteiger charge is 2.31. The number of aromatic nitrogens is 4. The number of para-hydroxylation sites is 2. The summed E-state index contributed by atoms with van der Waals surface area (Å²) in [4.78, 5) is 36.1. The summed E-state index contributed by atoms with van der Waals surface area (Å²) in [6.07, 6.45) is 5.85. The molecule has 3 fully saturated rings. The van der Waals surface area contributed by atoms with E-state index in [4.69, 9.17) is 19.7 Å². The van der Waals surface area contributed by atoms with Crippen LogP contribution in [0.15, 0.2) is 30.3 Å². The van der Waals surface area contributed by atoms with Gasteiger partial charge in [-0.25, -0.2) is 9.97 Å². The van der Waals surface area contributed by atoms with Crippen LogP contribution in [0.1, 0.15) is 43.3 Å². The Kier molecular flexibility index (Phi) is 6.70. The van der Waals surface area contributed by atoms with E-state index in [1.165, 1.54) is 25.7 Å². The number of benzene rings is 1. The number of amides is 1. The minimum absolute atomic E-state index is 0.239. The molecule has 0 atom stereocenters. The third kappa shape index (κ3) is 4.68. The van der Waals surface area contributed by atoms with Gasteiger partial charge in [-0.1, -0.05) is 31.9 Å². The first-order chi connectivity index (χ1) is 19.2. The predicted molar refractivity (Wildman–Crippen MR) is 154 cm³/mol. The number of carbonyl (C=O) groups is 1. The molecule has 0 unspecified atom stereocenters. The highest BCUT2D eigenvalue weighted by atomic mass is 32.1. The lowest BCUT2D eigenvalue weighted by Crippen LogP contribution is -2.52. The summed E-state index contributed by atoms with van der Waals surface area (Å²) in [5.41, 5.74) is 2.90. The maximum Gasteiger partial charge on any atom is 0.238 e. The zero-order valence-corrected chi connectivity index (χ0v) is 23.3. The third-order valence-corrected chi connectivity index (χ3v) is 9.49. The van der Waals surface area contributed by atoms with Gasteiger partial charge in [0, 0.05) is 43.5 Å². The lowest BCUT2D eigenvalue weighted by Gasteiger charge is -2.37. The van der Waals surface area contributed by atoms with Gasteiger partial charge in [0.2, 0.25) is 11.9 Å². The van der Waals surface area contributed by atoms with Crippen molar-refractivity contribution in [1.29, 1.82) is 0 Å². The molecule has 5 heterocycles. The zero-order chi connectivity index (χ0) is 26.3. The first kappa shape index (κ1) is 24.9. The topological polar surface area (TPSA) is 79.6 Å². The highest BCUT2D eigenvalue weighted by Crippen LogP contribution is 2.35. The summed E-state index contributed by atoms with van der Waals surface area (Å²) in [6, 6.07) is 10.9. The molecule has 0 bridgehead atoms. The Hall–Kier alpha value is -3.08. The Labute approximate surface area is 232 Å². The van der Waals surface area contributed by atoms with Gasteiger partial charge in [-0.15, -0.1) is 11.3 Å². The van der Waals surface area contributed by atoms with Crippen LogP contribution in [0, 0.1) is 0 Å². The molecule has 2 aliphatic heterocycles. The van der Waals surface area contributed by atoms with Crippen molar-refractivity contribution in [2.24, 2.45) is 0 Å². The number of morpholine rings is 1.